The standard InChI is InChI=1S/C20H22N6/c1-24-20(18-8-4-5-9-21-18)12-15-13-25(10-11-26(15)24)14-19-16-6-2-3-7-17(16)22-23-19/h2-9,12,20H,10-11,13-14H2,1H3,(H,22,23). The molecule has 1 N–H and O–H groups in total. The Hall–Kier alpha value is -2.70. The van der Waals surface area contributed by atoms with E-state index < -0.39 is 0 Å². The van der Waals surface area contributed by atoms with Gasteiger partial charge in [0.25, 0.3) is 0 Å². The number of hydrogen-bond acceptors (Lipinski definition) is 5. The smallest absolute Gasteiger partial charge is 0.0924 e. The van der Waals surface area contributed by atoms with Gasteiger partial charge in [0.1, 0.15) is 0 Å². The molecule has 6 nitrogen and oxygen atoms in total. The van der Waals surface area contributed by atoms with Crippen molar-refractivity contribution in [3.63, 3.8) is 0 Å². The average Bonchev–Trinajstić information content (AvgIpc) is 3.24. The molecule has 26 heavy (non-hydrogen) atoms. The summed E-state index contributed by atoms with van der Waals surface area (Å²) in [4.78, 5) is 7.03. The summed E-state index contributed by atoms with van der Waals surface area (Å²) in [6, 6.07) is 14.7. The summed E-state index contributed by atoms with van der Waals surface area (Å²) in [6.45, 7) is 3.87. The van der Waals surface area contributed by atoms with Crippen molar-refractivity contribution in [1.82, 2.24) is 30.1 Å². The van der Waals surface area contributed by atoms with Crippen molar-refractivity contribution in [3.8, 4) is 0 Å². The fourth-order valence-electron chi connectivity index (χ4n) is 4.03. The number of H-pyrrole nitrogens is 1. The van der Waals surface area contributed by atoms with Crippen molar-refractivity contribution >= 4 is 10.9 Å². The van der Waals surface area contributed by atoms with Crippen molar-refractivity contribution in [2.75, 3.05) is 26.7 Å². The first-order chi connectivity index (χ1) is 12.8. The van der Waals surface area contributed by atoms with Gasteiger partial charge in [-0.3, -0.25) is 15.0 Å². The van der Waals surface area contributed by atoms with Gasteiger partial charge in [0.15, 0.2) is 0 Å². The van der Waals surface area contributed by atoms with Crippen LogP contribution in [0, 0.1) is 0 Å². The van der Waals surface area contributed by atoms with Gasteiger partial charge in [-0.2, -0.15) is 5.10 Å². The predicted octanol–water partition coefficient (Wildman–Crippen LogP) is 2.56. The second-order valence-electron chi connectivity index (χ2n) is 6.98. The molecular weight excluding hydrogens is 324 g/mol. The van der Waals surface area contributed by atoms with Crippen LogP contribution >= 0.6 is 0 Å². The van der Waals surface area contributed by atoms with Crippen molar-refractivity contribution in [3.05, 3.63) is 71.8 Å². The molecule has 0 spiro atoms. The monoisotopic (exact) mass is 346 g/mol. The maximum atomic E-state index is 4.54. The SMILES string of the molecule is CN1C(c2ccccn2)C=C2CN(Cc3[nH]nc4ccccc34)CCN21. The van der Waals surface area contributed by atoms with E-state index in [2.05, 4.69) is 73.6 Å². The normalized spacial score (nSPS) is 21.2. The number of pyridine rings is 1. The number of piperazine rings is 1. The molecule has 6 heteroatoms. The molecular formula is C20H22N6. The molecule has 0 aliphatic carbocycles. The molecule has 0 saturated carbocycles. The van der Waals surface area contributed by atoms with E-state index >= 15 is 0 Å². The number of nitrogens with zero attached hydrogens (tertiary/aromatic N) is 5. The number of nitrogens with one attached hydrogen (secondary N) is 1. The molecule has 1 unspecified atom stereocenters. The number of para-hydroxylation sites is 1. The fraction of sp³-hybridized carbons (Fsp3) is 0.300. The highest BCUT2D eigenvalue weighted by Gasteiger charge is 2.34. The lowest BCUT2D eigenvalue weighted by Crippen LogP contribution is -2.47. The van der Waals surface area contributed by atoms with E-state index in [9.17, 15) is 0 Å². The van der Waals surface area contributed by atoms with Crippen LogP contribution in [0.2, 0.25) is 0 Å². The second-order valence-corrected chi connectivity index (χ2v) is 6.98. The van der Waals surface area contributed by atoms with E-state index in [0.717, 1.165) is 37.4 Å². The van der Waals surface area contributed by atoms with Crippen LogP contribution in [-0.2, 0) is 6.54 Å². The first-order valence-corrected chi connectivity index (χ1v) is 9.06. The number of benzene rings is 1. The van der Waals surface area contributed by atoms with Gasteiger partial charge in [-0.15, -0.1) is 0 Å². The third kappa shape index (κ3) is 2.58. The zero-order valence-electron chi connectivity index (χ0n) is 14.8. The summed E-state index contributed by atoms with van der Waals surface area (Å²) in [5, 5.41) is 13.6. The fourth-order valence-corrected chi connectivity index (χ4v) is 4.03. The molecule has 1 atom stereocenters. The van der Waals surface area contributed by atoms with Crippen molar-refractivity contribution in [2.45, 2.75) is 12.6 Å². The van der Waals surface area contributed by atoms with Gasteiger partial charge in [0.05, 0.1) is 22.9 Å². The van der Waals surface area contributed by atoms with Gasteiger partial charge in [-0.25, -0.2) is 5.01 Å². The average molecular weight is 346 g/mol. The van der Waals surface area contributed by atoms with E-state index in [-0.39, 0.29) is 6.04 Å². The predicted molar refractivity (Wildman–Crippen MR) is 101 cm³/mol. The number of hydrazine groups is 1. The summed E-state index contributed by atoms with van der Waals surface area (Å²) in [5.74, 6) is 0. The Morgan fingerprint density at radius 1 is 1.12 bits per heavy atom. The molecule has 2 aliphatic heterocycles. The third-order valence-electron chi connectivity index (χ3n) is 5.39. The Labute approximate surface area is 152 Å². The minimum Gasteiger partial charge on any atom is -0.307 e. The summed E-state index contributed by atoms with van der Waals surface area (Å²) < 4.78 is 0. The summed E-state index contributed by atoms with van der Waals surface area (Å²) in [7, 11) is 2.15. The topological polar surface area (TPSA) is 51.3 Å². The number of hydrogen-bond donors (Lipinski definition) is 1. The number of aromatic nitrogens is 3. The Kier molecular flexibility index (Phi) is 3.72. The van der Waals surface area contributed by atoms with Crippen molar-refractivity contribution in [2.24, 2.45) is 0 Å². The highest BCUT2D eigenvalue weighted by molar-refractivity contribution is 5.81. The number of aromatic amines is 1. The number of likely N-dealkylation sites (N-methyl/N-ethyl adjacent to an activating group) is 1. The molecule has 4 heterocycles. The molecule has 1 fully saturated rings. The van der Waals surface area contributed by atoms with Crippen LogP contribution in [0.1, 0.15) is 17.4 Å². The molecule has 132 valence electrons. The quantitative estimate of drug-likeness (QED) is 0.790. The van der Waals surface area contributed by atoms with Crippen LogP contribution in [0.15, 0.2) is 60.4 Å². The second kappa shape index (κ2) is 6.23. The van der Waals surface area contributed by atoms with Crippen molar-refractivity contribution in [1.29, 1.82) is 0 Å². The Morgan fingerprint density at radius 2 is 2.00 bits per heavy atom. The lowest BCUT2D eigenvalue weighted by molar-refractivity contribution is -0.00125. The molecule has 1 saturated heterocycles. The van der Waals surface area contributed by atoms with Gasteiger partial charge >= 0.3 is 0 Å². The van der Waals surface area contributed by atoms with E-state index in [1.54, 1.807) is 0 Å². The maximum absolute atomic E-state index is 4.54. The van der Waals surface area contributed by atoms with Crippen molar-refractivity contribution < 1.29 is 0 Å². The summed E-state index contributed by atoms with van der Waals surface area (Å²) in [5.41, 5.74) is 4.69. The molecule has 0 bridgehead atoms. The highest BCUT2D eigenvalue weighted by Crippen LogP contribution is 2.33. The molecule has 1 aromatic carbocycles. The Bertz CT molecular complexity index is 947. The van der Waals surface area contributed by atoms with E-state index in [1.165, 1.54) is 16.8 Å². The minimum atomic E-state index is 0.221. The molecule has 2 aliphatic rings. The number of rotatable bonds is 3. The van der Waals surface area contributed by atoms with Gasteiger partial charge in [-0.05, 0) is 24.3 Å². The van der Waals surface area contributed by atoms with Crippen LogP contribution < -0.4 is 0 Å². The first-order valence-electron chi connectivity index (χ1n) is 9.06. The lowest BCUT2D eigenvalue weighted by atomic mass is 10.1. The molecule has 0 amide bonds. The van der Waals surface area contributed by atoms with Gasteiger partial charge < -0.3 is 5.01 Å². The molecule has 3 aromatic rings. The summed E-state index contributed by atoms with van der Waals surface area (Å²) >= 11 is 0. The lowest BCUT2D eigenvalue weighted by Gasteiger charge is -2.39. The van der Waals surface area contributed by atoms with Crippen LogP contribution in [-0.4, -0.2) is 56.8 Å². The van der Waals surface area contributed by atoms with Crippen LogP contribution in [0.5, 0.6) is 0 Å². The maximum Gasteiger partial charge on any atom is 0.0924 e. The van der Waals surface area contributed by atoms with Gasteiger partial charge in [0, 0.05) is 50.5 Å². The van der Waals surface area contributed by atoms with Gasteiger partial charge in [0.2, 0.25) is 0 Å². The largest absolute Gasteiger partial charge is 0.307 e. The minimum absolute atomic E-state index is 0.221. The zero-order valence-corrected chi connectivity index (χ0v) is 14.8. The summed E-state index contributed by atoms with van der Waals surface area (Å²) in [6.07, 6.45) is 4.22. The molecule has 0 radical (unpaired) electrons. The van der Waals surface area contributed by atoms with Crippen LogP contribution in [0.4, 0.5) is 0 Å². The number of fused-ring (bicyclic) bond motifs is 2. The van der Waals surface area contributed by atoms with E-state index in [4.69, 9.17) is 0 Å². The Morgan fingerprint density at radius 3 is 2.88 bits per heavy atom. The van der Waals surface area contributed by atoms with Crippen LogP contribution in [0.25, 0.3) is 10.9 Å². The van der Waals surface area contributed by atoms with Crippen LogP contribution in [0.3, 0.4) is 0 Å². The first kappa shape index (κ1) is 15.5. The molecule has 5 rings (SSSR count). The third-order valence-corrected chi connectivity index (χ3v) is 5.39. The Balaban J connectivity index is 1.36. The van der Waals surface area contributed by atoms with E-state index in [1.807, 2.05) is 18.3 Å². The zero-order chi connectivity index (χ0) is 17.5. The molecule has 2 aromatic heterocycles. The highest BCUT2D eigenvalue weighted by atomic mass is 15.7. The van der Waals surface area contributed by atoms with E-state index in [0.29, 0.717) is 0 Å². The van der Waals surface area contributed by atoms with Gasteiger partial charge in [-0.1, -0.05) is 24.3 Å².